The Labute approximate surface area is 108 Å². The quantitative estimate of drug-likeness (QED) is 0.677. The summed E-state index contributed by atoms with van der Waals surface area (Å²) in [6, 6.07) is 8.15. The minimum Gasteiger partial charge on any atom is -0.0490 e. The van der Waals surface area contributed by atoms with Gasteiger partial charge in [0, 0.05) is 11.1 Å². The number of rotatable bonds is 2. The van der Waals surface area contributed by atoms with Crippen molar-refractivity contribution in [1.29, 1.82) is 0 Å². The monoisotopic (exact) mass is 284 g/mol. The third-order valence-electron chi connectivity index (χ3n) is 1.94. The van der Waals surface area contributed by atoms with Crippen LogP contribution in [0.15, 0.2) is 24.3 Å². The highest BCUT2D eigenvalue weighted by Gasteiger charge is 2.14. The minimum absolute atomic E-state index is 0.955. The molecule has 0 aliphatic carbocycles. The summed E-state index contributed by atoms with van der Waals surface area (Å²) in [5, 5.41) is 1.91. The molecule has 2 aromatic heterocycles. The van der Waals surface area contributed by atoms with Gasteiger partial charge in [-0.3, -0.25) is 0 Å². The van der Waals surface area contributed by atoms with E-state index in [1.54, 1.807) is 0 Å². The van der Waals surface area contributed by atoms with Crippen LogP contribution in [0.4, 0.5) is 0 Å². The smallest absolute Gasteiger partial charge is 0.0490 e. The average Bonchev–Trinajstić information content (AvgIpc) is 3.03. The molecule has 78 valence electrons. The Kier molecular flexibility index (Phi) is 2.87. The van der Waals surface area contributed by atoms with E-state index in [0.717, 1.165) is 21.1 Å². The molecule has 0 N–H and O–H groups in total. The second kappa shape index (κ2) is 4.50. The maximum Gasteiger partial charge on any atom is 0.331 e. The number of benzene rings is 1. The van der Waals surface area contributed by atoms with E-state index in [1.807, 2.05) is 24.3 Å². The van der Waals surface area contributed by atoms with Crippen LogP contribution in [-0.4, -0.2) is 16.3 Å². The van der Waals surface area contributed by atoms with Crippen LogP contribution in [0.5, 0.6) is 0 Å². The first-order chi connectivity index (χ1) is 7.93. The summed E-state index contributed by atoms with van der Waals surface area (Å²) in [7, 11) is 0. The largest absolute Gasteiger partial charge is 0.331 e. The fraction of sp³-hybridized carbons (Fsp3) is 0. The number of hydrogen-bond donors (Lipinski definition) is 0. The van der Waals surface area contributed by atoms with Crippen LogP contribution >= 0.6 is 46.5 Å². The fourth-order valence-electron chi connectivity index (χ4n) is 1.21. The molecule has 0 spiro atoms. The number of nitrogens with zero attached hydrogens (tertiary/aromatic N) is 4. The van der Waals surface area contributed by atoms with Crippen LogP contribution in [0.1, 0.15) is 0 Å². The first-order valence-electron chi connectivity index (χ1n) is 4.27. The molecule has 0 unspecified atom stereocenters. The molecule has 3 rings (SSSR count). The van der Waals surface area contributed by atoms with Gasteiger partial charge < -0.3 is 0 Å². The van der Waals surface area contributed by atoms with Gasteiger partial charge in [-0.15, -0.1) is 0 Å². The van der Waals surface area contributed by atoms with Crippen molar-refractivity contribution in [3.63, 3.8) is 0 Å². The zero-order valence-electron chi connectivity index (χ0n) is 7.73. The van der Waals surface area contributed by atoms with E-state index < -0.39 is 0 Å². The Morgan fingerprint density at radius 1 is 0.750 bits per heavy atom. The van der Waals surface area contributed by atoms with Crippen molar-refractivity contribution in [2.24, 2.45) is 0 Å². The van der Waals surface area contributed by atoms with Crippen molar-refractivity contribution in [2.75, 3.05) is 0 Å². The molecule has 0 saturated carbocycles. The van der Waals surface area contributed by atoms with Gasteiger partial charge in [0.25, 0.3) is 10.0 Å². The van der Waals surface area contributed by atoms with Crippen LogP contribution in [-0.2, 0) is 0 Å². The molecular formula is C8H4N4S4+2. The molecule has 0 aliphatic heterocycles. The summed E-state index contributed by atoms with van der Waals surface area (Å²) in [5.41, 5.74) is 2.19. The van der Waals surface area contributed by atoms with Gasteiger partial charge in [0.1, 0.15) is 7.53 Å². The summed E-state index contributed by atoms with van der Waals surface area (Å²) < 4.78 is 16.5. The molecular weight excluding hydrogens is 280 g/mol. The normalized spacial score (nSPS) is 10.5. The van der Waals surface area contributed by atoms with Gasteiger partial charge in [-0.05, 0) is 33.0 Å². The van der Waals surface area contributed by atoms with Crippen molar-refractivity contribution >= 4 is 46.5 Å². The molecule has 8 heteroatoms. The molecule has 3 aromatic rings. The van der Waals surface area contributed by atoms with Gasteiger partial charge in [0.15, 0.2) is 0 Å². The average molecular weight is 284 g/mol. The summed E-state index contributed by atoms with van der Waals surface area (Å²) >= 11 is 5.30. The number of hydrogen-bond acceptors (Lipinski definition) is 6. The van der Waals surface area contributed by atoms with E-state index in [1.165, 1.54) is 46.5 Å². The number of aromatic nitrogens is 4. The molecule has 0 radical (unpaired) electrons. The lowest BCUT2D eigenvalue weighted by Gasteiger charge is -1.92. The zero-order chi connectivity index (χ0) is 10.8. The highest BCUT2D eigenvalue weighted by molar-refractivity contribution is 7.20. The molecule has 16 heavy (non-hydrogen) atoms. The van der Waals surface area contributed by atoms with E-state index in [-0.39, 0.29) is 0 Å². The third-order valence-corrected chi connectivity index (χ3v) is 4.83. The van der Waals surface area contributed by atoms with Gasteiger partial charge in [-0.2, -0.15) is 0 Å². The van der Waals surface area contributed by atoms with Gasteiger partial charge in [-0.1, -0.05) is 0 Å². The standard InChI is InChI=1S/C8H4N4S4/c1-2-6(8-10-16-12-14-8)4-3-5(1)7-9-15-11-13-7/h1-4H/q+2. The second-order valence-electron chi connectivity index (χ2n) is 2.87. The summed E-state index contributed by atoms with van der Waals surface area (Å²) in [4.78, 5) is 0. The molecule has 0 saturated heterocycles. The predicted molar refractivity (Wildman–Crippen MR) is 68.8 cm³/mol. The van der Waals surface area contributed by atoms with Crippen molar-refractivity contribution < 1.29 is 0 Å². The highest BCUT2D eigenvalue weighted by Crippen LogP contribution is 2.26. The van der Waals surface area contributed by atoms with Gasteiger partial charge in [0.2, 0.25) is 23.1 Å². The van der Waals surface area contributed by atoms with Crippen LogP contribution in [0, 0.1) is 0 Å². The molecule has 0 atom stereocenters. The lowest BCUT2D eigenvalue weighted by Crippen LogP contribution is -1.77. The van der Waals surface area contributed by atoms with Crippen molar-refractivity contribution in [3.05, 3.63) is 24.3 Å². The second-order valence-corrected chi connectivity index (χ2v) is 5.89. The first kappa shape index (κ1) is 10.2. The summed E-state index contributed by atoms with van der Waals surface area (Å²) in [5.74, 6) is 0. The van der Waals surface area contributed by atoms with E-state index >= 15 is 0 Å². The minimum atomic E-state index is 0.955. The van der Waals surface area contributed by atoms with Crippen LogP contribution in [0.3, 0.4) is 0 Å². The topological polar surface area (TPSA) is 51.6 Å². The Bertz CT molecular complexity index is 507. The molecule has 0 aliphatic rings. The lowest BCUT2D eigenvalue weighted by molar-refractivity contribution is 1.54. The Morgan fingerprint density at radius 2 is 1.19 bits per heavy atom. The molecule has 1 aromatic carbocycles. The Balaban J connectivity index is 1.97. The van der Waals surface area contributed by atoms with Crippen molar-refractivity contribution in [2.45, 2.75) is 0 Å². The van der Waals surface area contributed by atoms with Crippen LogP contribution in [0.25, 0.3) is 21.1 Å². The predicted octanol–water partition coefficient (Wildman–Crippen LogP) is 3.41. The Hall–Kier alpha value is -0.960. The zero-order valence-corrected chi connectivity index (χ0v) is 11.0. The third kappa shape index (κ3) is 1.96. The maximum atomic E-state index is 4.20. The molecule has 0 fully saturated rings. The summed E-state index contributed by atoms with van der Waals surface area (Å²) in [6.07, 6.45) is 0. The first-order valence-corrected chi connectivity index (χ1v) is 7.28. The van der Waals surface area contributed by atoms with Gasteiger partial charge >= 0.3 is 23.5 Å². The lowest BCUT2D eigenvalue weighted by atomic mass is 10.1. The van der Waals surface area contributed by atoms with Gasteiger partial charge in [-0.25, -0.2) is 0 Å². The van der Waals surface area contributed by atoms with Crippen LogP contribution in [0.2, 0.25) is 0 Å². The molecule has 4 nitrogen and oxygen atoms in total. The SMILES string of the molecule is c1cc(-c2nsn[s+]2)ccc1-c1nsn[s+]1. The summed E-state index contributed by atoms with van der Waals surface area (Å²) in [6.45, 7) is 0. The van der Waals surface area contributed by atoms with E-state index in [2.05, 4.69) is 16.3 Å². The Morgan fingerprint density at radius 3 is 1.50 bits per heavy atom. The van der Waals surface area contributed by atoms with Crippen molar-refractivity contribution in [1.82, 2.24) is 16.3 Å². The fourth-order valence-corrected chi connectivity index (χ4v) is 3.62. The molecule has 0 amide bonds. The molecule has 0 bridgehead atoms. The maximum absolute atomic E-state index is 4.20. The molecule has 2 heterocycles. The van der Waals surface area contributed by atoms with E-state index in [9.17, 15) is 0 Å². The van der Waals surface area contributed by atoms with E-state index in [4.69, 9.17) is 0 Å². The van der Waals surface area contributed by atoms with E-state index in [0.29, 0.717) is 0 Å². The van der Waals surface area contributed by atoms with Gasteiger partial charge in [0.05, 0.1) is 0 Å². The van der Waals surface area contributed by atoms with Crippen molar-refractivity contribution in [3.8, 4) is 21.1 Å². The highest BCUT2D eigenvalue weighted by atomic mass is 32.2. The van der Waals surface area contributed by atoms with Crippen LogP contribution < -0.4 is 0 Å².